The number of thioether (sulfide) groups is 1. The molecule has 1 heterocycles. The van der Waals surface area contributed by atoms with Crippen LogP contribution in [-0.4, -0.2) is 31.6 Å². The van der Waals surface area contributed by atoms with Crippen LogP contribution in [0.4, 0.5) is 0 Å². The van der Waals surface area contributed by atoms with Gasteiger partial charge in [-0.2, -0.15) is 0 Å². The topological polar surface area (TPSA) is 21.3 Å². The van der Waals surface area contributed by atoms with Crippen LogP contribution in [0, 0.1) is 5.92 Å². The minimum absolute atomic E-state index is 0.521. The summed E-state index contributed by atoms with van der Waals surface area (Å²) in [6.45, 7) is 2.06. The Labute approximate surface area is 113 Å². The lowest BCUT2D eigenvalue weighted by molar-refractivity contribution is -0.0283. The number of rotatable bonds is 5. The van der Waals surface area contributed by atoms with Gasteiger partial charge in [0, 0.05) is 10.1 Å². The highest BCUT2D eigenvalue weighted by Crippen LogP contribution is 2.38. The van der Waals surface area contributed by atoms with Gasteiger partial charge in [-0.1, -0.05) is 18.2 Å². The van der Waals surface area contributed by atoms with Crippen molar-refractivity contribution in [3.63, 3.8) is 0 Å². The van der Waals surface area contributed by atoms with Crippen molar-refractivity contribution in [2.45, 2.75) is 35.5 Å². The highest BCUT2D eigenvalue weighted by Gasteiger charge is 2.30. The zero-order valence-corrected chi connectivity index (χ0v) is 11.7. The Hall–Kier alpha value is -0.510. The van der Waals surface area contributed by atoms with Gasteiger partial charge in [0.2, 0.25) is 0 Å². The fraction of sp³-hybridized carbons (Fsp3) is 0.600. The smallest absolute Gasteiger partial charge is 0.0595 e. The van der Waals surface area contributed by atoms with Gasteiger partial charge in [0.05, 0.1) is 12.7 Å². The Balaban J connectivity index is 1.39. The van der Waals surface area contributed by atoms with Crippen LogP contribution in [0.25, 0.3) is 0 Å². The lowest BCUT2D eigenvalue weighted by atomic mass is 9.82. The minimum Gasteiger partial charge on any atom is -0.377 e. The van der Waals surface area contributed by atoms with Crippen molar-refractivity contribution in [1.29, 1.82) is 0 Å². The predicted molar refractivity (Wildman–Crippen MR) is 76.2 cm³/mol. The van der Waals surface area contributed by atoms with Crippen LogP contribution in [0.1, 0.15) is 18.4 Å². The van der Waals surface area contributed by atoms with E-state index in [-0.39, 0.29) is 0 Å². The summed E-state index contributed by atoms with van der Waals surface area (Å²) in [5.41, 5.74) is 1.50. The van der Waals surface area contributed by atoms with E-state index in [4.69, 9.17) is 4.74 Å². The van der Waals surface area contributed by atoms with E-state index in [1.807, 2.05) is 18.8 Å². The van der Waals surface area contributed by atoms with Gasteiger partial charge >= 0.3 is 0 Å². The SMILES string of the molecule is CNCC1CC(OCC2Cc3ccccc3S2)C1. The molecule has 1 aliphatic carbocycles. The van der Waals surface area contributed by atoms with E-state index in [0.29, 0.717) is 11.4 Å². The van der Waals surface area contributed by atoms with E-state index in [0.717, 1.165) is 19.1 Å². The standard InChI is InChI=1S/C15H21NOS/c1-16-9-11-6-13(7-11)17-10-14-8-12-4-2-3-5-15(12)18-14/h2-5,11,13-14,16H,6-10H2,1H3. The summed E-state index contributed by atoms with van der Waals surface area (Å²) in [6, 6.07) is 8.74. The van der Waals surface area contributed by atoms with Gasteiger partial charge in [0.1, 0.15) is 0 Å². The normalized spacial score (nSPS) is 29.9. The van der Waals surface area contributed by atoms with Gasteiger partial charge in [-0.05, 0) is 50.4 Å². The highest BCUT2D eigenvalue weighted by molar-refractivity contribution is 8.00. The maximum atomic E-state index is 6.02. The zero-order chi connectivity index (χ0) is 12.4. The molecule has 1 N–H and O–H groups in total. The van der Waals surface area contributed by atoms with Crippen molar-refractivity contribution in [2.75, 3.05) is 20.2 Å². The Morgan fingerprint density at radius 2 is 2.17 bits per heavy atom. The van der Waals surface area contributed by atoms with Crippen LogP contribution < -0.4 is 5.32 Å². The molecular formula is C15H21NOS. The molecule has 0 spiro atoms. The molecule has 1 saturated carbocycles. The molecule has 2 nitrogen and oxygen atoms in total. The maximum Gasteiger partial charge on any atom is 0.0595 e. The van der Waals surface area contributed by atoms with Gasteiger partial charge in [0.25, 0.3) is 0 Å². The van der Waals surface area contributed by atoms with E-state index >= 15 is 0 Å². The molecule has 1 unspecified atom stereocenters. The molecule has 3 heteroatoms. The molecule has 1 aliphatic heterocycles. The molecule has 0 bridgehead atoms. The number of hydrogen-bond acceptors (Lipinski definition) is 3. The second-order valence-corrected chi connectivity index (χ2v) is 6.74. The molecule has 0 radical (unpaired) electrons. The third kappa shape index (κ3) is 2.73. The zero-order valence-electron chi connectivity index (χ0n) is 10.9. The third-order valence-corrected chi connectivity index (χ3v) is 5.21. The average molecular weight is 263 g/mol. The summed E-state index contributed by atoms with van der Waals surface area (Å²) >= 11 is 1.99. The summed E-state index contributed by atoms with van der Waals surface area (Å²) in [7, 11) is 2.03. The van der Waals surface area contributed by atoms with Crippen LogP contribution >= 0.6 is 11.8 Å². The Kier molecular flexibility index (Phi) is 3.92. The summed E-state index contributed by atoms with van der Waals surface area (Å²) < 4.78 is 6.02. The van der Waals surface area contributed by atoms with Gasteiger partial charge in [-0.3, -0.25) is 0 Å². The first kappa shape index (κ1) is 12.5. The van der Waals surface area contributed by atoms with Crippen molar-refractivity contribution in [3.05, 3.63) is 29.8 Å². The van der Waals surface area contributed by atoms with Crippen LogP contribution in [0.2, 0.25) is 0 Å². The summed E-state index contributed by atoms with van der Waals surface area (Å²) in [5, 5.41) is 3.87. The predicted octanol–water partition coefficient (Wildman–Crippen LogP) is 2.72. The van der Waals surface area contributed by atoms with Gasteiger partial charge in [-0.25, -0.2) is 0 Å². The van der Waals surface area contributed by atoms with Crippen molar-refractivity contribution in [2.24, 2.45) is 5.92 Å². The Morgan fingerprint density at radius 3 is 2.94 bits per heavy atom. The van der Waals surface area contributed by atoms with Crippen molar-refractivity contribution >= 4 is 11.8 Å². The first-order chi connectivity index (χ1) is 8.85. The van der Waals surface area contributed by atoms with Crippen LogP contribution in [0.15, 0.2) is 29.2 Å². The van der Waals surface area contributed by atoms with Crippen LogP contribution in [0.3, 0.4) is 0 Å². The third-order valence-electron chi connectivity index (χ3n) is 3.92. The lowest BCUT2D eigenvalue weighted by Crippen LogP contribution is -2.38. The minimum atomic E-state index is 0.521. The molecule has 18 heavy (non-hydrogen) atoms. The molecule has 1 aromatic rings. The van der Waals surface area contributed by atoms with E-state index in [9.17, 15) is 0 Å². The Bertz CT molecular complexity index is 378. The molecule has 1 aromatic carbocycles. The van der Waals surface area contributed by atoms with Gasteiger partial charge < -0.3 is 10.1 Å². The highest BCUT2D eigenvalue weighted by atomic mass is 32.2. The van der Waals surface area contributed by atoms with Crippen LogP contribution in [0.5, 0.6) is 0 Å². The lowest BCUT2D eigenvalue weighted by Gasteiger charge is -2.35. The number of hydrogen-bond donors (Lipinski definition) is 1. The number of benzene rings is 1. The fourth-order valence-electron chi connectivity index (χ4n) is 2.86. The summed E-state index contributed by atoms with van der Waals surface area (Å²) in [4.78, 5) is 1.45. The molecule has 2 aliphatic rings. The molecule has 0 saturated heterocycles. The maximum absolute atomic E-state index is 6.02. The van der Waals surface area contributed by atoms with Crippen molar-refractivity contribution < 1.29 is 4.74 Å². The Morgan fingerprint density at radius 1 is 1.33 bits per heavy atom. The van der Waals surface area contributed by atoms with Crippen LogP contribution in [-0.2, 0) is 11.2 Å². The first-order valence-electron chi connectivity index (χ1n) is 6.86. The summed E-state index contributed by atoms with van der Waals surface area (Å²) in [6.07, 6.45) is 4.18. The molecule has 98 valence electrons. The molecular weight excluding hydrogens is 242 g/mol. The second kappa shape index (κ2) is 5.64. The number of ether oxygens (including phenoxy) is 1. The van der Waals surface area contributed by atoms with Crippen molar-refractivity contribution in [1.82, 2.24) is 5.32 Å². The molecule has 3 rings (SSSR count). The molecule has 0 amide bonds. The average Bonchev–Trinajstić information content (AvgIpc) is 2.74. The van der Waals surface area contributed by atoms with E-state index in [1.165, 1.54) is 29.7 Å². The van der Waals surface area contributed by atoms with E-state index in [2.05, 4.69) is 29.6 Å². The van der Waals surface area contributed by atoms with Gasteiger partial charge in [0.15, 0.2) is 0 Å². The molecule has 0 aromatic heterocycles. The first-order valence-corrected chi connectivity index (χ1v) is 7.74. The van der Waals surface area contributed by atoms with Crippen molar-refractivity contribution in [3.8, 4) is 0 Å². The fourth-order valence-corrected chi connectivity index (χ4v) is 4.08. The quantitative estimate of drug-likeness (QED) is 0.882. The number of fused-ring (bicyclic) bond motifs is 1. The molecule has 1 fully saturated rings. The van der Waals surface area contributed by atoms with Gasteiger partial charge in [-0.15, -0.1) is 11.8 Å². The second-order valence-electron chi connectivity index (χ2n) is 5.40. The van der Waals surface area contributed by atoms with E-state index < -0.39 is 0 Å². The molecule has 1 atom stereocenters. The largest absolute Gasteiger partial charge is 0.377 e. The number of nitrogens with one attached hydrogen (secondary N) is 1. The summed E-state index contributed by atoms with van der Waals surface area (Å²) in [5.74, 6) is 0.841. The van der Waals surface area contributed by atoms with E-state index in [1.54, 1.807) is 0 Å². The monoisotopic (exact) mass is 263 g/mol.